The highest BCUT2D eigenvalue weighted by atomic mass is 16.2. The fourth-order valence-electron chi connectivity index (χ4n) is 4.05. The van der Waals surface area contributed by atoms with Gasteiger partial charge in [0.05, 0.1) is 0 Å². The quantitative estimate of drug-likeness (QED) is 0.438. The van der Waals surface area contributed by atoms with E-state index in [9.17, 15) is 24.0 Å². The molecular weight excluding hydrogens is 462 g/mol. The molecule has 2 aromatic carbocycles. The van der Waals surface area contributed by atoms with Gasteiger partial charge >= 0.3 is 6.03 Å². The number of imide groups is 2. The monoisotopic (exact) mass is 489 g/mol. The Kier molecular flexibility index (Phi) is 7.14. The maximum absolute atomic E-state index is 12.8. The summed E-state index contributed by atoms with van der Waals surface area (Å²) in [6.07, 6.45) is 1.29. The molecule has 0 radical (unpaired) electrons. The van der Waals surface area contributed by atoms with Crippen molar-refractivity contribution >= 4 is 35.3 Å². The van der Waals surface area contributed by atoms with Gasteiger partial charge in [0, 0.05) is 31.3 Å². The van der Waals surface area contributed by atoms with Crippen molar-refractivity contribution in [1.82, 2.24) is 20.9 Å². The number of hydrogen-bond acceptors (Lipinski definition) is 6. The average Bonchev–Trinajstić information content (AvgIpc) is 3.11. The molecule has 0 saturated carbocycles. The van der Waals surface area contributed by atoms with Crippen LogP contribution in [0.1, 0.15) is 35.1 Å². The highest BCUT2D eigenvalue weighted by molar-refractivity contribution is 6.20. The van der Waals surface area contributed by atoms with Crippen LogP contribution in [0.3, 0.4) is 0 Å². The Bertz CT molecular complexity index is 1290. The van der Waals surface area contributed by atoms with Gasteiger partial charge in [0.1, 0.15) is 11.7 Å². The van der Waals surface area contributed by atoms with Crippen LogP contribution in [0, 0.1) is 13.8 Å². The first kappa shape index (κ1) is 24.6. The molecule has 2 aromatic rings. The van der Waals surface area contributed by atoms with Gasteiger partial charge < -0.3 is 16.0 Å². The van der Waals surface area contributed by atoms with Gasteiger partial charge in [-0.3, -0.25) is 29.4 Å². The molecule has 36 heavy (non-hydrogen) atoms. The summed E-state index contributed by atoms with van der Waals surface area (Å²) in [5, 5.41) is 10.7. The lowest BCUT2D eigenvalue weighted by Gasteiger charge is -2.28. The fraction of sp³-hybridized carbons (Fsp3) is 0.269. The van der Waals surface area contributed by atoms with Crippen LogP contribution in [-0.4, -0.2) is 40.6 Å². The van der Waals surface area contributed by atoms with Gasteiger partial charge in [0.25, 0.3) is 11.8 Å². The minimum absolute atomic E-state index is 0.0287. The maximum atomic E-state index is 12.8. The number of benzene rings is 2. The molecule has 0 spiro atoms. The second-order valence-electron chi connectivity index (χ2n) is 8.82. The topological polar surface area (TPSA) is 137 Å². The van der Waals surface area contributed by atoms with Crippen LogP contribution in [0.2, 0.25) is 0 Å². The van der Waals surface area contributed by atoms with Crippen LogP contribution in [-0.2, 0) is 32.3 Å². The number of carbonyl (C=O) groups excluding carboxylic acids is 5. The summed E-state index contributed by atoms with van der Waals surface area (Å²) in [6, 6.07) is 11.7. The number of nitrogens with one attached hydrogen (secondary N) is 4. The number of aryl methyl sites for hydroxylation is 2. The lowest BCUT2D eigenvalue weighted by Crippen LogP contribution is -2.54. The summed E-state index contributed by atoms with van der Waals surface area (Å²) >= 11 is 0. The van der Waals surface area contributed by atoms with Gasteiger partial charge in [0.2, 0.25) is 11.8 Å². The Labute approximate surface area is 208 Å². The van der Waals surface area contributed by atoms with E-state index in [0.717, 1.165) is 27.7 Å². The summed E-state index contributed by atoms with van der Waals surface area (Å²) < 4.78 is 0. The van der Waals surface area contributed by atoms with E-state index < -0.39 is 29.7 Å². The lowest BCUT2D eigenvalue weighted by molar-refractivity contribution is -0.149. The molecule has 4 N–H and O–H groups in total. The van der Waals surface area contributed by atoms with Crippen molar-refractivity contribution in [3.05, 3.63) is 76.5 Å². The van der Waals surface area contributed by atoms with E-state index in [1.807, 2.05) is 38.1 Å². The number of anilines is 1. The number of urea groups is 1. The van der Waals surface area contributed by atoms with Crippen molar-refractivity contribution in [1.29, 1.82) is 0 Å². The minimum Gasteiger partial charge on any atom is -0.351 e. The van der Waals surface area contributed by atoms with E-state index in [1.54, 1.807) is 18.2 Å². The molecule has 6 amide bonds. The molecule has 0 aromatic heterocycles. The second-order valence-corrected chi connectivity index (χ2v) is 8.82. The highest BCUT2D eigenvalue weighted by Crippen LogP contribution is 2.23. The Balaban J connectivity index is 1.31. The Morgan fingerprint density at radius 1 is 0.972 bits per heavy atom. The highest BCUT2D eigenvalue weighted by Gasteiger charge is 2.42. The normalized spacial score (nSPS) is 17.6. The van der Waals surface area contributed by atoms with Crippen LogP contribution >= 0.6 is 0 Å². The third-order valence-electron chi connectivity index (χ3n) is 6.16. The molecule has 0 bridgehead atoms. The van der Waals surface area contributed by atoms with Crippen molar-refractivity contribution in [2.75, 3.05) is 5.32 Å². The predicted octanol–water partition coefficient (Wildman–Crippen LogP) is 1.77. The molecule has 10 nitrogen and oxygen atoms in total. The maximum Gasteiger partial charge on any atom is 0.315 e. The largest absolute Gasteiger partial charge is 0.351 e. The number of hydrogen-bond donors (Lipinski definition) is 4. The molecule has 2 aliphatic heterocycles. The third-order valence-corrected chi connectivity index (χ3v) is 6.16. The van der Waals surface area contributed by atoms with Gasteiger partial charge in [0.15, 0.2) is 0 Å². The number of amides is 6. The van der Waals surface area contributed by atoms with Gasteiger partial charge in [-0.15, -0.1) is 0 Å². The van der Waals surface area contributed by atoms with Crippen molar-refractivity contribution in [3.8, 4) is 0 Å². The molecule has 0 aliphatic carbocycles. The molecule has 186 valence electrons. The zero-order chi connectivity index (χ0) is 25.8. The van der Waals surface area contributed by atoms with Crippen LogP contribution in [0.5, 0.6) is 0 Å². The fourth-order valence-corrected chi connectivity index (χ4v) is 4.05. The van der Waals surface area contributed by atoms with Gasteiger partial charge in [-0.1, -0.05) is 30.3 Å². The third kappa shape index (κ3) is 5.60. The van der Waals surface area contributed by atoms with Crippen molar-refractivity contribution in [2.45, 2.75) is 45.8 Å². The van der Waals surface area contributed by atoms with E-state index in [4.69, 9.17) is 0 Å². The number of nitrogens with zero attached hydrogens (tertiary/aromatic N) is 1. The minimum atomic E-state index is -1.02. The van der Waals surface area contributed by atoms with E-state index in [2.05, 4.69) is 21.3 Å². The molecule has 1 saturated heterocycles. The summed E-state index contributed by atoms with van der Waals surface area (Å²) in [6.45, 7) is 4.72. The van der Waals surface area contributed by atoms with Crippen LogP contribution in [0.25, 0.3) is 0 Å². The second kappa shape index (κ2) is 10.4. The number of piperidine rings is 1. The SMILES string of the molecule is Cc1ccc(CNC(=O)NCc2cccc(NC3=CC(=O)N(C4CCC(=O)NC4=O)C3=O)c2)cc1C. The van der Waals surface area contributed by atoms with E-state index in [-0.39, 0.29) is 31.1 Å². The Morgan fingerprint density at radius 2 is 1.69 bits per heavy atom. The molecule has 10 heteroatoms. The first-order valence-corrected chi connectivity index (χ1v) is 11.6. The number of carbonyl (C=O) groups is 5. The molecule has 1 atom stereocenters. The molecule has 1 unspecified atom stereocenters. The zero-order valence-electron chi connectivity index (χ0n) is 20.0. The van der Waals surface area contributed by atoms with Gasteiger partial charge in [-0.05, 0) is 54.7 Å². The van der Waals surface area contributed by atoms with Crippen molar-refractivity contribution in [3.63, 3.8) is 0 Å². The molecule has 4 rings (SSSR count). The molecule has 1 fully saturated rings. The summed E-state index contributed by atoms with van der Waals surface area (Å²) in [4.78, 5) is 61.8. The average molecular weight is 490 g/mol. The van der Waals surface area contributed by atoms with Crippen molar-refractivity contribution in [2.24, 2.45) is 0 Å². The lowest BCUT2D eigenvalue weighted by atomic mass is 10.0. The summed E-state index contributed by atoms with van der Waals surface area (Å²) in [7, 11) is 0. The first-order valence-electron chi connectivity index (χ1n) is 11.6. The first-order chi connectivity index (χ1) is 17.2. The predicted molar refractivity (Wildman–Crippen MR) is 131 cm³/mol. The summed E-state index contributed by atoms with van der Waals surface area (Å²) in [5.74, 6) is -2.34. The molecule has 2 aliphatic rings. The van der Waals surface area contributed by atoms with Crippen LogP contribution in [0.4, 0.5) is 10.5 Å². The molecule has 2 heterocycles. The van der Waals surface area contributed by atoms with Gasteiger partial charge in [-0.25, -0.2) is 4.79 Å². The smallest absolute Gasteiger partial charge is 0.315 e. The Hall–Kier alpha value is -4.47. The van der Waals surface area contributed by atoms with E-state index >= 15 is 0 Å². The Morgan fingerprint density at radius 3 is 2.39 bits per heavy atom. The summed E-state index contributed by atoms with van der Waals surface area (Å²) in [5.41, 5.74) is 4.72. The standard InChI is InChI=1S/C26H27N5O5/c1-15-6-7-18(10-16(15)2)14-28-26(36)27-13-17-4-3-5-19(11-17)29-20-12-23(33)31(25(20)35)21-8-9-22(32)30-24(21)34/h3-7,10-12,21,29H,8-9,13-14H2,1-2H3,(H2,27,28,36)(H,30,32,34). The van der Waals surface area contributed by atoms with Gasteiger partial charge in [-0.2, -0.15) is 0 Å². The number of rotatable bonds is 7. The van der Waals surface area contributed by atoms with E-state index in [1.165, 1.54) is 5.56 Å². The van der Waals surface area contributed by atoms with E-state index in [0.29, 0.717) is 12.2 Å². The van der Waals surface area contributed by atoms with Crippen LogP contribution < -0.4 is 21.3 Å². The van der Waals surface area contributed by atoms with Crippen LogP contribution in [0.15, 0.2) is 54.2 Å². The van der Waals surface area contributed by atoms with Crippen molar-refractivity contribution < 1.29 is 24.0 Å². The molecular formula is C26H27N5O5. The zero-order valence-corrected chi connectivity index (χ0v) is 20.0.